The van der Waals surface area contributed by atoms with E-state index in [1.807, 2.05) is 6.08 Å². The Balaban J connectivity index is 4.32. The van der Waals surface area contributed by atoms with Crippen LogP contribution in [0, 0.1) is 0 Å². The molecule has 1 amide bonds. The molecule has 0 fully saturated rings. The lowest BCUT2D eigenvalue weighted by molar-refractivity contribution is -0.124. The zero-order valence-corrected chi connectivity index (χ0v) is 35.0. The van der Waals surface area contributed by atoms with Gasteiger partial charge in [-0.3, -0.25) is 13.8 Å². The molecule has 0 bridgehead atoms. The summed E-state index contributed by atoms with van der Waals surface area (Å²) in [6.07, 6.45) is 42.3. The molecule has 4 unspecified atom stereocenters. The Morgan fingerprint density at radius 1 is 0.642 bits per heavy atom. The van der Waals surface area contributed by atoms with Crippen molar-refractivity contribution in [3.05, 3.63) is 36.5 Å². The summed E-state index contributed by atoms with van der Waals surface area (Å²) in [5.74, 6) is -0.459. The Hall–Kier alpha value is -1.32. The van der Waals surface area contributed by atoms with Gasteiger partial charge in [0.1, 0.15) is 0 Å². The van der Waals surface area contributed by atoms with Crippen molar-refractivity contribution in [2.24, 2.45) is 5.73 Å². The maximum Gasteiger partial charge on any atom is 0.472 e. The largest absolute Gasteiger partial charge is 0.472 e. The van der Waals surface area contributed by atoms with Gasteiger partial charge < -0.3 is 26.2 Å². The van der Waals surface area contributed by atoms with E-state index in [1.165, 1.54) is 116 Å². The van der Waals surface area contributed by atoms with Crippen LogP contribution >= 0.6 is 7.82 Å². The van der Waals surface area contributed by atoms with Crippen molar-refractivity contribution in [1.29, 1.82) is 0 Å². The average Bonchev–Trinajstić information content (AvgIpc) is 3.13. The molecule has 53 heavy (non-hydrogen) atoms. The van der Waals surface area contributed by atoms with E-state index in [4.69, 9.17) is 14.8 Å². The van der Waals surface area contributed by atoms with Gasteiger partial charge in [-0.2, -0.15) is 0 Å². The van der Waals surface area contributed by atoms with Crippen LogP contribution in [0.2, 0.25) is 0 Å². The first kappa shape index (κ1) is 51.7. The third-order valence-corrected chi connectivity index (χ3v) is 10.5. The van der Waals surface area contributed by atoms with Gasteiger partial charge in [0, 0.05) is 6.54 Å². The second-order valence-corrected chi connectivity index (χ2v) is 16.2. The molecule has 0 spiro atoms. The standard InChI is InChI=1S/C43H83N2O7P/c1-3-5-7-9-11-13-15-17-18-19-20-21-23-24-26-28-30-32-34-40(46)38-43(48)45-41(39-52-53(49,50)51-37-36-44)42(47)35-33-31-29-27-25-22-16-14-12-10-8-6-4-2/h12,14,25,27,33,35,40-42,46-47H,3-11,13,15-24,26,28-32,34,36-39,44H2,1-2H3,(H,45,48)(H,49,50)/b14-12+,27-25+,35-33+. The summed E-state index contributed by atoms with van der Waals surface area (Å²) in [6.45, 7) is 3.91. The van der Waals surface area contributed by atoms with Crippen molar-refractivity contribution in [3.8, 4) is 0 Å². The second kappa shape index (κ2) is 38.9. The van der Waals surface area contributed by atoms with Gasteiger partial charge >= 0.3 is 7.82 Å². The van der Waals surface area contributed by atoms with Crippen molar-refractivity contribution in [2.75, 3.05) is 19.8 Å². The van der Waals surface area contributed by atoms with Crippen LogP contribution in [-0.2, 0) is 18.4 Å². The summed E-state index contributed by atoms with van der Waals surface area (Å²) in [5, 5.41) is 24.0. The molecule has 0 aromatic heterocycles. The number of aliphatic hydroxyl groups excluding tert-OH is 2. The zero-order valence-electron chi connectivity index (χ0n) is 34.1. The molecule has 0 rings (SSSR count). The number of phosphoric ester groups is 1. The first-order chi connectivity index (χ1) is 25.8. The van der Waals surface area contributed by atoms with Gasteiger partial charge in [0.05, 0.1) is 37.9 Å². The number of hydrogen-bond acceptors (Lipinski definition) is 7. The van der Waals surface area contributed by atoms with Crippen molar-refractivity contribution in [1.82, 2.24) is 5.32 Å². The van der Waals surface area contributed by atoms with Gasteiger partial charge in [-0.25, -0.2) is 4.57 Å². The van der Waals surface area contributed by atoms with Crippen molar-refractivity contribution in [3.63, 3.8) is 0 Å². The van der Waals surface area contributed by atoms with Crippen LogP contribution in [0.5, 0.6) is 0 Å². The summed E-state index contributed by atoms with van der Waals surface area (Å²) in [7, 11) is -4.41. The molecule has 0 aromatic carbocycles. The number of hydrogen-bond donors (Lipinski definition) is 5. The Kier molecular flexibility index (Phi) is 38.0. The molecule has 10 heteroatoms. The van der Waals surface area contributed by atoms with Crippen LogP contribution in [0.25, 0.3) is 0 Å². The Morgan fingerprint density at radius 3 is 1.57 bits per heavy atom. The summed E-state index contributed by atoms with van der Waals surface area (Å²) >= 11 is 0. The maximum absolute atomic E-state index is 12.8. The summed E-state index contributed by atoms with van der Waals surface area (Å²) in [6, 6.07) is -1.00. The molecular formula is C43H83N2O7P. The van der Waals surface area contributed by atoms with E-state index in [-0.39, 0.29) is 19.6 Å². The van der Waals surface area contributed by atoms with Gasteiger partial charge in [0.2, 0.25) is 5.91 Å². The number of carbonyl (C=O) groups excluding carboxylic acids is 1. The molecule has 0 saturated heterocycles. The highest BCUT2D eigenvalue weighted by Crippen LogP contribution is 2.43. The lowest BCUT2D eigenvalue weighted by Crippen LogP contribution is -2.46. The highest BCUT2D eigenvalue weighted by molar-refractivity contribution is 7.47. The smallest absolute Gasteiger partial charge is 0.393 e. The van der Waals surface area contributed by atoms with Crippen LogP contribution in [0.15, 0.2) is 36.5 Å². The molecule has 312 valence electrons. The van der Waals surface area contributed by atoms with Crippen molar-refractivity contribution >= 4 is 13.7 Å². The molecule has 4 atom stereocenters. The van der Waals surface area contributed by atoms with E-state index >= 15 is 0 Å². The molecule has 0 aliphatic rings. The van der Waals surface area contributed by atoms with Gasteiger partial charge in [-0.15, -0.1) is 0 Å². The minimum absolute atomic E-state index is 0.0427. The van der Waals surface area contributed by atoms with E-state index in [1.54, 1.807) is 6.08 Å². The van der Waals surface area contributed by atoms with E-state index in [0.717, 1.165) is 44.9 Å². The molecule has 6 N–H and O–H groups in total. The number of unbranched alkanes of at least 4 members (excludes halogenated alkanes) is 22. The fourth-order valence-corrected chi connectivity index (χ4v) is 6.97. The van der Waals surface area contributed by atoms with Crippen LogP contribution in [0.4, 0.5) is 0 Å². The SMILES string of the molecule is CCCCC/C=C/CC/C=C/CC/C=C/C(O)C(COP(=O)(O)OCCN)NC(=O)CC(O)CCCCCCCCCCCCCCCCCCCC. The molecule has 0 radical (unpaired) electrons. The van der Waals surface area contributed by atoms with Crippen LogP contribution < -0.4 is 11.1 Å². The van der Waals surface area contributed by atoms with Gasteiger partial charge in [-0.1, -0.05) is 179 Å². The number of nitrogens with one attached hydrogen (secondary N) is 1. The molecule has 0 aliphatic heterocycles. The zero-order chi connectivity index (χ0) is 39.1. The minimum Gasteiger partial charge on any atom is -0.393 e. The molecule has 0 saturated carbocycles. The number of allylic oxidation sites excluding steroid dienone is 5. The lowest BCUT2D eigenvalue weighted by Gasteiger charge is -2.24. The van der Waals surface area contributed by atoms with E-state index in [0.29, 0.717) is 12.8 Å². The predicted molar refractivity (Wildman–Crippen MR) is 223 cm³/mol. The summed E-state index contributed by atoms with van der Waals surface area (Å²) in [5.41, 5.74) is 5.35. The highest BCUT2D eigenvalue weighted by atomic mass is 31.2. The van der Waals surface area contributed by atoms with Gasteiger partial charge in [0.15, 0.2) is 0 Å². The number of rotatable bonds is 40. The monoisotopic (exact) mass is 771 g/mol. The van der Waals surface area contributed by atoms with E-state index < -0.39 is 38.6 Å². The fraction of sp³-hybridized carbons (Fsp3) is 0.837. The van der Waals surface area contributed by atoms with E-state index in [2.05, 4.69) is 43.5 Å². The Morgan fingerprint density at radius 2 is 1.08 bits per heavy atom. The Labute approximate surface area is 325 Å². The normalized spacial score (nSPS) is 15.1. The quantitative estimate of drug-likeness (QED) is 0.0235. The van der Waals surface area contributed by atoms with Gasteiger partial charge in [0.25, 0.3) is 0 Å². The number of aliphatic hydroxyl groups is 2. The summed E-state index contributed by atoms with van der Waals surface area (Å²) < 4.78 is 22.0. The molecule has 0 aromatic rings. The number of amides is 1. The average molecular weight is 771 g/mol. The number of carbonyl (C=O) groups is 1. The first-order valence-corrected chi connectivity index (χ1v) is 23.2. The second-order valence-electron chi connectivity index (χ2n) is 14.7. The van der Waals surface area contributed by atoms with Crippen LogP contribution in [0.1, 0.15) is 194 Å². The van der Waals surface area contributed by atoms with Gasteiger partial charge in [-0.05, 0) is 44.9 Å². The fourth-order valence-electron chi connectivity index (χ4n) is 6.21. The third kappa shape index (κ3) is 37.4. The predicted octanol–water partition coefficient (Wildman–Crippen LogP) is 10.9. The minimum atomic E-state index is -4.41. The summed E-state index contributed by atoms with van der Waals surface area (Å²) in [4.78, 5) is 22.7. The topological polar surface area (TPSA) is 151 Å². The molecule has 0 heterocycles. The maximum atomic E-state index is 12.8. The molecule has 0 aliphatic carbocycles. The van der Waals surface area contributed by atoms with Crippen LogP contribution in [-0.4, -0.2) is 59.0 Å². The highest BCUT2D eigenvalue weighted by Gasteiger charge is 2.27. The number of phosphoric acid groups is 1. The molecule has 9 nitrogen and oxygen atoms in total. The van der Waals surface area contributed by atoms with Crippen molar-refractivity contribution in [2.45, 2.75) is 212 Å². The lowest BCUT2D eigenvalue weighted by atomic mass is 10.0. The van der Waals surface area contributed by atoms with Crippen molar-refractivity contribution < 1.29 is 33.5 Å². The molecular weight excluding hydrogens is 687 g/mol. The van der Waals surface area contributed by atoms with Crippen LogP contribution in [0.3, 0.4) is 0 Å². The third-order valence-electron chi connectivity index (χ3n) is 9.50. The Bertz CT molecular complexity index is 946. The van der Waals surface area contributed by atoms with E-state index in [9.17, 15) is 24.5 Å². The number of nitrogens with two attached hydrogens (primary N) is 1. The first-order valence-electron chi connectivity index (χ1n) is 21.7.